The van der Waals surface area contributed by atoms with Crippen molar-refractivity contribution in [1.29, 1.82) is 0 Å². The number of aromatic hydroxyl groups is 1. The van der Waals surface area contributed by atoms with E-state index in [2.05, 4.69) is 36.8 Å². The van der Waals surface area contributed by atoms with Gasteiger partial charge in [-0.1, -0.05) is 39.8 Å². The van der Waals surface area contributed by atoms with Crippen LogP contribution in [0.1, 0.15) is 12.0 Å². The molecule has 2 amide bonds. The van der Waals surface area contributed by atoms with E-state index in [1.165, 1.54) is 6.21 Å². The Kier molecular flexibility index (Phi) is 6.25. The van der Waals surface area contributed by atoms with Gasteiger partial charge < -0.3 is 15.7 Å². The number of carbonyl (C=O) groups excluding carboxylic acids is 2. The number of anilines is 1. The lowest BCUT2D eigenvalue weighted by molar-refractivity contribution is -0.122. The largest absolute Gasteiger partial charge is 0.507 e. The number of phenolic OH excluding ortho intramolecular Hbond substituents is 1. The molecular formula is C18H15BrN4O3S. The zero-order valence-electron chi connectivity index (χ0n) is 13.9. The van der Waals surface area contributed by atoms with Gasteiger partial charge in [0.2, 0.25) is 11.8 Å². The SMILES string of the molecule is O=C(C[C@H]1S/C(=N\N=C/c2ccccc2O)NC1=O)Nc1ccc(Br)cc1. The van der Waals surface area contributed by atoms with Crippen LogP contribution >= 0.6 is 27.7 Å². The number of benzene rings is 2. The molecule has 27 heavy (non-hydrogen) atoms. The maximum absolute atomic E-state index is 12.1. The smallest absolute Gasteiger partial charge is 0.240 e. The third-order valence-electron chi connectivity index (χ3n) is 3.56. The van der Waals surface area contributed by atoms with Gasteiger partial charge in [0.15, 0.2) is 5.17 Å². The fraction of sp³-hybridized carbons (Fsp3) is 0.111. The van der Waals surface area contributed by atoms with Crippen molar-refractivity contribution in [2.75, 3.05) is 5.32 Å². The molecule has 2 aromatic carbocycles. The van der Waals surface area contributed by atoms with Crippen LogP contribution in [0.15, 0.2) is 63.2 Å². The average molecular weight is 447 g/mol. The molecule has 0 radical (unpaired) electrons. The van der Waals surface area contributed by atoms with Crippen LogP contribution in [0, 0.1) is 0 Å². The zero-order chi connectivity index (χ0) is 19.2. The number of nitrogens with zero attached hydrogens (tertiary/aromatic N) is 2. The molecule has 3 N–H and O–H groups in total. The number of halogens is 1. The van der Waals surface area contributed by atoms with Crippen molar-refractivity contribution in [3.8, 4) is 5.75 Å². The molecule has 0 aliphatic carbocycles. The molecule has 0 unspecified atom stereocenters. The van der Waals surface area contributed by atoms with Crippen LogP contribution in [0.2, 0.25) is 0 Å². The summed E-state index contributed by atoms with van der Waals surface area (Å²) in [7, 11) is 0. The summed E-state index contributed by atoms with van der Waals surface area (Å²) >= 11 is 4.47. The summed E-state index contributed by atoms with van der Waals surface area (Å²) in [6, 6.07) is 13.9. The second kappa shape index (κ2) is 8.83. The molecule has 7 nitrogen and oxygen atoms in total. The molecule has 1 heterocycles. The van der Waals surface area contributed by atoms with Crippen molar-refractivity contribution < 1.29 is 14.7 Å². The Labute approximate surface area is 168 Å². The number of hydrogen-bond acceptors (Lipinski definition) is 6. The predicted molar refractivity (Wildman–Crippen MR) is 110 cm³/mol. The highest BCUT2D eigenvalue weighted by Crippen LogP contribution is 2.23. The average Bonchev–Trinajstić information content (AvgIpc) is 2.98. The van der Waals surface area contributed by atoms with E-state index >= 15 is 0 Å². The summed E-state index contributed by atoms with van der Waals surface area (Å²) in [5, 5.41) is 22.5. The van der Waals surface area contributed by atoms with Gasteiger partial charge in [-0.3, -0.25) is 9.59 Å². The first kappa shape index (κ1) is 19.1. The number of amides is 2. The molecule has 1 atom stereocenters. The number of rotatable bonds is 5. The summed E-state index contributed by atoms with van der Waals surface area (Å²) < 4.78 is 0.913. The predicted octanol–water partition coefficient (Wildman–Crippen LogP) is 3.11. The van der Waals surface area contributed by atoms with E-state index in [9.17, 15) is 14.7 Å². The summed E-state index contributed by atoms with van der Waals surface area (Å²) in [5.74, 6) is -0.460. The van der Waals surface area contributed by atoms with Crippen molar-refractivity contribution >= 4 is 56.6 Å². The Balaban J connectivity index is 1.56. The van der Waals surface area contributed by atoms with E-state index in [1.807, 2.05) is 12.1 Å². The molecule has 138 valence electrons. The Morgan fingerprint density at radius 1 is 1.26 bits per heavy atom. The first-order valence-corrected chi connectivity index (χ1v) is 9.60. The molecule has 1 aliphatic rings. The highest BCUT2D eigenvalue weighted by Gasteiger charge is 2.32. The monoisotopic (exact) mass is 446 g/mol. The van der Waals surface area contributed by atoms with Crippen LogP contribution in [-0.2, 0) is 9.59 Å². The minimum Gasteiger partial charge on any atom is -0.507 e. The number of hydrogen-bond donors (Lipinski definition) is 3. The van der Waals surface area contributed by atoms with Crippen LogP contribution in [0.3, 0.4) is 0 Å². The molecular weight excluding hydrogens is 432 g/mol. The van der Waals surface area contributed by atoms with E-state index in [-0.39, 0.29) is 24.0 Å². The van der Waals surface area contributed by atoms with Crippen molar-refractivity contribution in [1.82, 2.24) is 5.32 Å². The van der Waals surface area contributed by atoms with Gasteiger partial charge in [-0.15, -0.1) is 5.10 Å². The maximum atomic E-state index is 12.1. The second-order valence-electron chi connectivity index (χ2n) is 5.56. The number of carbonyl (C=O) groups is 2. The van der Waals surface area contributed by atoms with E-state index in [0.717, 1.165) is 16.2 Å². The fourth-order valence-electron chi connectivity index (χ4n) is 2.24. The molecule has 1 saturated heterocycles. The summed E-state index contributed by atoms with van der Waals surface area (Å²) in [6.07, 6.45) is 1.41. The van der Waals surface area contributed by atoms with Crippen molar-refractivity contribution in [2.24, 2.45) is 10.2 Å². The summed E-state index contributed by atoms with van der Waals surface area (Å²) in [4.78, 5) is 24.1. The Morgan fingerprint density at radius 3 is 2.74 bits per heavy atom. The molecule has 1 aliphatic heterocycles. The van der Waals surface area contributed by atoms with Crippen LogP contribution in [0.25, 0.3) is 0 Å². The van der Waals surface area contributed by atoms with Gasteiger partial charge in [0.25, 0.3) is 0 Å². The maximum Gasteiger partial charge on any atom is 0.240 e. The fourth-order valence-corrected chi connectivity index (χ4v) is 3.43. The molecule has 0 bridgehead atoms. The number of amidine groups is 1. The third kappa shape index (κ3) is 5.41. The van der Waals surface area contributed by atoms with Crippen molar-refractivity contribution in [2.45, 2.75) is 11.7 Å². The topological polar surface area (TPSA) is 103 Å². The van der Waals surface area contributed by atoms with E-state index < -0.39 is 5.25 Å². The van der Waals surface area contributed by atoms with Crippen molar-refractivity contribution in [3.05, 3.63) is 58.6 Å². The first-order valence-electron chi connectivity index (χ1n) is 7.93. The van der Waals surface area contributed by atoms with Crippen LogP contribution in [0.4, 0.5) is 5.69 Å². The molecule has 2 aromatic rings. The summed E-state index contributed by atoms with van der Waals surface area (Å²) in [5.41, 5.74) is 1.18. The second-order valence-corrected chi connectivity index (χ2v) is 7.67. The van der Waals surface area contributed by atoms with Gasteiger partial charge in [0.1, 0.15) is 11.0 Å². The van der Waals surface area contributed by atoms with E-state index in [1.54, 1.807) is 36.4 Å². The highest BCUT2D eigenvalue weighted by molar-refractivity contribution is 9.10. The van der Waals surface area contributed by atoms with Gasteiger partial charge in [0, 0.05) is 22.1 Å². The van der Waals surface area contributed by atoms with Gasteiger partial charge in [-0.25, -0.2) is 0 Å². The number of phenols is 1. The van der Waals surface area contributed by atoms with Crippen LogP contribution in [0.5, 0.6) is 5.75 Å². The number of nitrogens with one attached hydrogen (secondary N) is 2. The number of para-hydroxylation sites is 1. The number of thioether (sulfide) groups is 1. The lowest BCUT2D eigenvalue weighted by Gasteiger charge is -2.07. The first-order chi connectivity index (χ1) is 13.0. The zero-order valence-corrected chi connectivity index (χ0v) is 16.3. The highest BCUT2D eigenvalue weighted by atomic mass is 79.9. The summed E-state index contributed by atoms with van der Waals surface area (Å²) in [6.45, 7) is 0. The minimum absolute atomic E-state index is 0.0226. The van der Waals surface area contributed by atoms with Crippen LogP contribution < -0.4 is 10.6 Å². The normalized spacial score (nSPS) is 18.0. The minimum atomic E-state index is -0.570. The van der Waals surface area contributed by atoms with Gasteiger partial charge in [-0.2, -0.15) is 5.10 Å². The van der Waals surface area contributed by atoms with Gasteiger partial charge in [-0.05, 0) is 36.4 Å². The van der Waals surface area contributed by atoms with Gasteiger partial charge in [0.05, 0.1) is 6.21 Å². The lowest BCUT2D eigenvalue weighted by Crippen LogP contribution is -2.28. The Bertz CT molecular complexity index is 915. The molecule has 3 rings (SSSR count). The molecule has 0 spiro atoms. The van der Waals surface area contributed by atoms with Gasteiger partial charge >= 0.3 is 0 Å². The quantitative estimate of drug-likeness (QED) is 0.484. The van der Waals surface area contributed by atoms with E-state index in [4.69, 9.17) is 0 Å². The third-order valence-corrected chi connectivity index (χ3v) is 5.16. The van der Waals surface area contributed by atoms with Crippen LogP contribution in [-0.4, -0.2) is 33.6 Å². The lowest BCUT2D eigenvalue weighted by atomic mass is 10.2. The van der Waals surface area contributed by atoms with E-state index in [0.29, 0.717) is 16.4 Å². The Morgan fingerprint density at radius 2 is 2.00 bits per heavy atom. The van der Waals surface area contributed by atoms with Crippen molar-refractivity contribution in [3.63, 3.8) is 0 Å². The molecule has 1 fully saturated rings. The molecule has 0 aromatic heterocycles. The standard InChI is InChI=1S/C18H15BrN4O3S/c19-12-5-7-13(8-6-12)21-16(25)9-15-17(26)22-18(27-15)23-20-10-11-3-1-2-4-14(11)24/h1-8,10,15,24H,9H2,(H,21,25)(H,22,23,26)/b20-10-/t15-/m1/s1. The molecule has 9 heteroatoms. The molecule has 0 saturated carbocycles. The Hall–Kier alpha value is -2.65.